The Morgan fingerprint density at radius 2 is 1.82 bits per heavy atom. The predicted octanol–water partition coefficient (Wildman–Crippen LogP) is 4.17. The minimum Gasteiger partial charge on any atom is -0.484 e. The minimum absolute atomic E-state index is 0.0330. The maximum absolute atomic E-state index is 13.3. The van der Waals surface area contributed by atoms with E-state index in [9.17, 15) is 9.59 Å². The first-order valence-corrected chi connectivity index (χ1v) is 9.75. The molecule has 2 amide bonds. The Morgan fingerprint density at radius 1 is 1.14 bits per heavy atom. The topological polar surface area (TPSA) is 49.9 Å². The van der Waals surface area contributed by atoms with Crippen molar-refractivity contribution in [3.05, 3.63) is 64.7 Å². The van der Waals surface area contributed by atoms with E-state index in [1.807, 2.05) is 36.1 Å². The van der Waals surface area contributed by atoms with Crippen molar-refractivity contribution < 1.29 is 14.3 Å². The van der Waals surface area contributed by atoms with E-state index in [1.165, 1.54) is 4.90 Å². The maximum Gasteiger partial charge on any atom is 0.259 e. The molecule has 0 heterocycles. The molecular weight excluding hydrogens is 376 g/mol. The quantitative estimate of drug-likeness (QED) is 0.700. The third kappa shape index (κ3) is 4.84. The third-order valence-electron chi connectivity index (χ3n) is 4.89. The molecule has 1 fully saturated rings. The van der Waals surface area contributed by atoms with Crippen molar-refractivity contribution in [3.8, 4) is 5.75 Å². The van der Waals surface area contributed by atoms with Crippen molar-refractivity contribution in [3.63, 3.8) is 0 Å². The van der Waals surface area contributed by atoms with Crippen LogP contribution in [0.3, 0.4) is 0 Å². The summed E-state index contributed by atoms with van der Waals surface area (Å²) in [5.74, 6) is 0.345. The minimum atomic E-state index is -0.132. The molecule has 5 nitrogen and oxygen atoms in total. The van der Waals surface area contributed by atoms with Crippen molar-refractivity contribution in [1.29, 1.82) is 0 Å². The molecule has 1 saturated carbocycles. The average molecular weight is 401 g/mol. The van der Waals surface area contributed by atoms with Gasteiger partial charge in [0.1, 0.15) is 5.75 Å². The number of nitrogens with zero attached hydrogens (tertiary/aromatic N) is 2. The zero-order chi connectivity index (χ0) is 20.3. The normalized spacial score (nSPS) is 14.3. The van der Waals surface area contributed by atoms with E-state index in [4.69, 9.17) is 16.3 Å². The highest BCUT2D eigenvalue weighted by Crippen LogP contribution is 2.36. The Morgan fingerprint density at radius 3 is 2.43 bits per heavy atom. The van der Waals surface area contributed by atoms with Gasteiger partial charge >= 0.3 is 0 Å². The molecule has 0 N–H and O–H groups in total. The van der Waals surface area contributed by atoms with E-state index < -0.39 is 0 Å². The summed E-state index contributed by atoms with van der Waals surface area (Å²) in [6.07, 6.45) is 2.02. The molecule has 148 valence electrons. The lowest BCUT2D eigenvalue weighted by Crippen LogP contribution is -2.35. The molecule has 6 heteroatoms. The van der Waals surface area contributed by atoms with Crippen molar-refractivity contribution in [2.24, 2.45) is 0 Å². The molecule has 0 spiro atoms. The van der Waals surface area contributed by atoms with Gasteiger partial charge in [-0.1, -0.05) is 29.8 Å². The fourth-order valence-electron chi connectivity index (χ4n) is 3.05. The van der Waals surface area contributed by atoms with Crippen LogP contribution in [0, 0.1) is 0 Å². The van der Waals surface area contributed by atoms with Crippen LogP contribution in [-0.2, 0) is 4.79 Å². The number of halogens is 1. The maximum atomic E-state index is 13.3. The summed E-state index contributed by atoms with van der Waals surface area (Å²) in [5.41, 5.74) is 1.61. The molecule has 1 unspecified atom stereocenters. The SMILES string of the molecule is CC(c1ccc(Cl)cc1)N(C(=O)c1cccc(OCC(=O)N(C)C)c1)C1CC1. The van der Waals surface area contributed by atoms with Gasteiger partial charge in [-0.2, -0.15) is 0 Å². The number of benzene rings is 2. The first-order chi connectivity index (χ1) is 13.4. The molecule has 1 aliphatic carbocycles. The smallest absolute Gasteiger partial charge is 0.259 e. The van der Waals surface area contributed by atoms with Gasteiger partial charge in [0.25, 0.3) is 11.8 Å². The number of rotatable bonds is 7. The standard InChI is InChI=1S/C22H25ClN2O3/c1-15(16-7-9-18(23)10-8-16)25(19-11-12-19)22(27)17-5-4-6-20(13-17)28-14-21(26)24(2)3/h4-10,13,15,19H,11-12,14H2,1-3H3. The molecule has 3 rings (SSSR count). The molecule has 0 radical (unpaired) electrons. The van der Waals surface area contributed by atoms with Crippen LogP contribution in [0.1, 0.15) is 41.7 Å². The predicted molar refractivity (Wildman–Crippen MR) is 110 cm³/mol. The number of amides is 2. The second-order valence-electron chi connectivity index (χ2n) is 7.28. The van der Waals surface area contributed by atoms with E-state index in [2.05, 4.69) is 0 Å². The molecule has 0 saturated heterocycles. The van der Waals surface area contributed by atoms with E-state index in [1.54, 1.807) is 38.4 Å². The van der Waals surface area contributed by atoms with Crippen LogP contribution in [0.4, 0.5) is 0 Å². The highest BCUT2D eigenvalue weighted by Gasteiger charge is 2.36. The molecule has 2 aromatic rings. The lowest BCUT2D eigenvalue weighted by atomic mass is 10.0. The van der Waals surface area contributed by atoms with E-state index in [-0.39, 0.29) is 30.5 Å². The van der Waals surface area contributed by atoms with E-state index in [0.29, 0.717) is 16.3 Å². The zero-order valence-electron chi connectivity index (χ0n) is 16.4. The van der Waals surface area contributed by atoms with Crippen molar-refractivity contribution >= 4 is 23.4 Å². The molecule has 1 aliphatic rings. The van der Waals surface area contributed by atoms with E-state index >= 15 is 0 Å². The monoisotopic (exact) mass is 400 g/mol. The molecular formula is C22H25ClN2O3. The van der Waals surface area contributed by atoms with E-state index in [0.717, 1.165) is 18.4 Å². The summed E-state index contributed by atoms with van der Waals surface area (Å²) in [4.78, 5) is 28.4. The molecule has 0 aliphatic heterocycles. The number of hydrogen-bond donors (Lipinski definition) is 0. The van der Waals surface area contributed by atoms with Crippen molar-refractivity contribution in [1.82, 2.24) is 9.80 Å². The van der Waals surface area contributed by atoms with Crippen LogP contribution < -0.4 is 4.74 Å². The lowest BCUT2D eigenvalue weighted by Gasteiger charge is -2.30. The van der Waals surface area contributed by atoms with Gasteiger partial charge in [-0.3, -0.25) is 9.59 Å². The van der Waals surface area contributed by atoms with Crippen LogP contribution in [0.25, 0.3) is 0 Å². The van der Waals surface area contributed by atoms with Gasteiger partial charge in [0.05, 0.1) is 6.04 Å². The highest BCUT2D eigenvalue weighted by atomic mass is 35.5. The zero-order valence-corrected chi connectivity index (χ0v) is 17.1. The summed E-state index contributed by atoms with van der Waals surface area (Å²) in [7, 11) is 3.36. The van der Waals surface area contributed by atoms with Crippen LogP contribution >= 0.6 is 11.6 Å². The summed E-state index contributed by atoms with van der Waals surface area (Å²) in [6.45, 7) is 1.98. The van der Waals surface area contributed by atoms with Crippen molar-refractivity contribution in [2.75, 3.05) is 20.7 Å². The number of ether oxygens (including phenoxy) is 1. The van der Waals surface area contributed by atoms with Gasteiger partial charge in [-0.15, -0.1) is 0 Å². The van der Waals surface area contributed by atoms with Crippen LogP contribution in [0.15, 0.2) is 48.5 Å². The first kappa shape index (κ1) is 20.2. The first-order valence-electron chi connectivity index (χ1n) is 9.38. The summed E-state index contributed by atoms with van der Waals surface area (Å²) < 4.78 is 5.56. The van der Waals surface area contributed by atoms with Crippen LogP contribution in [0.5, 0.6) is 5.75 Å². The van der Waals surface area contributed by atoms with Gasteiger partial charge < -0.3 is 14.5 Å². The van der Waals surface area contributed by atoms with Gasteiger partial charge in [-0.25, -0.2) is 0 Å². The van der Waals surface area contributed by atoms with Gasteiger partial charge in [0.15, 0.2) is 6.61 Å². The number of likely N-dealkylation sites (N-methyl/N-ethyl adjacent to an activating group) is 1. The molecule has 2 aromatic carbocycles. The Balaban J connectivity index is 1.77. The second kappa shape index (κ2) is 8.65. The van der Waals surface area contributed by atoms with Crippen molar-refractivity contribution in [2.45, 2.75) is 31.8 Å². The third-order valence-corrected chi connectivity index (χ3v) is 5.14. The largest absolute Gasteiger partial charge is 0.484 e. The Bertz CT molecular complexity index is 847. The summed E-state index contributed by atoms with van der Waals surface area (Å²) in [6, 6.07) is 14.8. The van der Waals surface area contributed by atoms with Crippen LogP contribution in [0.2, 0.25) is 5.02 Å². The summed E-state index contributed by atoms with van der Waals surface area (Å²) in [5, 5.41) is 0.678. The Kier molecular flexibility index (Phi) is 6.25. The second-order valence-corrected chi connectivity index (χ2v) is 7.71. The number of carbonyl (C=O) groups is 2. The Hall–Kier alpha value is -2.53. The van der Waals surface area contributed by atoms with Crippen LogP contribution in [-0.4, -0.2) is 48.4 Å². The molecule has 1 atom stereocenters. The fourth-order valence-corrected chi connectivity index (χ4v) is 3.18. The number of carbonyl (C=O) groups excluding carboxylic acids is 2. The van der Waals surface area contributed by atoms with Gasteiger partial charge in [0, 0.05) is 30.7 Å². The molecule has 0 bridgehead atoms. The fraction of sp³-hybridized carbons (Fsp3) is 0.364. The van der Waals surface area contributed by atoms with Gasteiger partial charge in [-0.05, 0) is 55.7 Å². The number of hydrogen-bond acceptors (Lipinski definition) is 3. The Labute approximate surface area is 170 Å². The van der Waals surface area contributed by atoms with Gasteiger partial charge in [0.2, 0.25) is 0 Å². The molecule has 28 heavy (non-hydrogen) atoms. The summed E-state index contributed by atoms with van der Waals surface area (Å²) >= 11 is 6.00. The average Bonchev–Trinajstić information content (AvgIpc) is 3.51. The molecule has 0 aromatic heterocycles. The highest BCUT2D eigenvalue weighted by molar-refractivity contribution is 6.30. The lowest BCUT2D eigenvalue weighted by molar-refractivity contribution is -0.130.